The fourth-order valence-electron chi connectivity index (χ4n) is 4.46. The maximum atomic E-state index is 13.2. The molecule has 4 rings (SSSR count). The molecule has 2 aromatic carbocycles. The molecule has 0 aliphatic carbocycles. The molecule has 0 unspecified atom stereocenters. The van der Waals surface area contributed by atoms with E-state index in [1.165, 1.54) is 4.31 Å². The standard InChI is InChI=1S/C29H34N4O4S2/c1-5-26-17-24(18-38-26)28(34)30-25-10-8-22(9-11-25)21(4)31-32-29(35)23-12-14-33(15-13-23)39(36,37)27-16-19(2)6-7-20(27)3/h6-11,16-18,23H,5,12-15H2,1-4H3,(H,30,34)(H,32,35)/b31-21+. The van der Waals surface area contributed by atoms with Crippen molar-refractivity contribution in [3.8, 4) is 0 Å². The summed E-state index contributed by atoms with van der Waals surface area (Å²) in [6.07, 6.45) is 1.77. The lowest BCUT2D eigenvalue weighted by Gasteiger charge is -2.30. The van der Waals surface area contributed by atoms with Crippen molar-refractivity contribution in [1.29, 1.82) is 0 Å². The van der Waals surface area contributed by atoms with Gasteiger partial charge >= 0.3 is 0 Å². The molecule has 1 aromatic heterocycles. The second kappa shape index (κ2) is 12.2. The third-order valence-electron chi connectivity index (χ3n) is 6.94. The monoisotopic (exact) mass is 566 g/mol. The number of anilines is 1. The van der Waals surface area contributed by atoms with Gasteiger partial charge in [-0.1, -0.05) is 31.2 Å². The molecule has 1 aliphatic rings. The van der Waals surface area contributed by atoms with Crippen LogP contribution in [-0.2, 0) is 21.2 Å². The number of rotatable bonds is 8. The smallest absolute Gasteiger partial charge is 0.256 e. The van der Waals surface area contributed by atoms with Crippen LogP contribution in [0.2, 0.25) is 0 Å². The molecule has 8 nitrogen and oxygen atoms in total. The van der Waals surface area contributed by atoms with Crippen LogP contribution in [0.15, 0.2) is 63.9 Å². The Balaban J connectivity index is 1.30. The predicted octanol–water partition coefficient (Wildman–Crippen LogP) is 5.12. The van der Waals surface area contributed by atoms with Crippen molar-refractivity contribution in [3.63, 3.8) is 0 Å². The van der Waals surface area contributed by atoms with Crippen LogP contribution < -0.4 is 10.7 Å². The molecule has 0 saturated carbocycles. The lowest BCUT2D eigenvalue weighted by molar-refractivity contribution is -0.126. The lowest BCUT2D eigenvalue weighted by Crippen LogP contribution is -2.42. The minimum Gasteiger partial charge on any atom is -0.322 e. The second-order valence-electron chi connectivity index (χ2n) is 9.81. The van der Waals surface area contributed by atoms with E-state index in [1.54, 1.807) is 43.4 Å². The number of hydrogen-bond acceptors (Lipinski definition) is 6. The van der Waals surface area contributed by atoms with E-state index in [0.717, 1.165) is 22.4 Å². The van der Waals surface area contributed by atoms with Gasteiger partial charge in [-0.3, -0.25) is 9.59 Å². The van der Waals surface area contributed by atoms with Crippen molar-refractivity contribution in [2.45, 2.75) is 51.9 Å². The number of carbonyl (C=O) groups excluding carboxylic acids is 2. The number of thiophene rings is 1. The first-order chi connectivity index (χ1) is 18.6. The summed E-state index contributed by atoms with van der Waals surface area (Å²) < 4.78 is 27.8. The number of amides is 2. The number of nitrogens with one attached hydrogen (secondary N) is 2. The molecule has 39 heavy (non-hydrogen) atoms. The van der Waals surface area contributed by atoms with Gasteiger partial charge < -0.3 is 5.32 Å². The Morgan fingerprint density at radius 1 is 1.03 bits per heavy atom. The molecule has 0 spiro atoms. The molecule has 2 heterocycles. The fraction of sp³-hybridized carbons (Fsp3) is 0.345. The Labute approximate surface area is 234 Å². The summed E-state index contributed by atoms with van der Waals surface area (Å²) >= 11 is 1.57. The number of hydrazone groups is 1. The Kier molecular flexibility index (Phi) is 8.99. The van der Waals surface area contributed by atoms with Gasteiger partial charge in [-0.2, -0.15) is 9.41 Å². The van der Waals surface area contributed by atoms with Crippen LogP contribution in [0.5, 0.6) is 0 Å². The van der Waals surface area contributed by atoms with Crippen LogP contribution in [0.4, 0.5) is 5.69 Å². The molecule has 206 valence electrons. The highest BCUT2D eigenvalue weighted by atomic mass is 32.2. The average molecular weight is 567 g/mol. The van der Waals surface area contributed by atoms with Crippen LogP contribution in [0.3, 0.4) is 0 Å². The molecule has 1 saturated heterocycles. The Morgan fingerprint density at radius 3 is 2.36 bits per heavy atom. The van der Waals surface area contributed by atoms with Gasteiger partial charge in [0.05, 0.1) is 16.2 Å². The van der Waals surface area contributed by atoms with Gasteiger partial charge in [-0.15, -0.1) is 11.3 Å². The third kappa shape index (κ3) is 6.81. The van der Waals surface area contributed by atoms with Crippen molar-refractivity contribution < 1.29 is 18.0 Å². The highest BCUT2D eigenvalue weighted by molar-refractivity contribution is 7.89. The summed E-state index contributed by atoms with van der Waals surface area (Å²) in [5, 5.41) is 9.01. The Bertz CT molecular complexity index is 1490. The van der Waals surface area contributed by atoms with Gasteiger partial charge in [0.25, 0.3) is 5.91 Å². The van der Waals surface area contributed by atoms with Gasteiger partial charge in [-0.05, 0) is 81.0 Å². The van der Waals surface area contributed by atoms with Gasteiger partial charge in [0.15, 0.2) is 0 Å². The third-order valence-corrected chi connectivity index (χ3v) is 10.1. The molecule has 0 bridgehead atoms. The zero-order valence-corrected chi connectivity index (χ0v) is 24.3. The minimum absolute atomic E-state index is 0.149. The second-order valence-corrected chi connectivity index (χ2v) is 12.7. The molecule has 0 atom stereocenters. The lowest BCUT2D eigenvalue weighted by atomic mass is 9.98. The van der Waals surface area contributed by atoms with Crippen molar-refractivity contribution in [2.24, 2.45) is 11.0 Å². The molecular formula is C29H34N4O4S2. The quantitative estimate of drug-likeness (QED) is 0.291. The first kappa shape index (κ1) is 28.7. The van der Waals surface area contributed by atoms with Gasteiger partial charge in [0, 0.05) is 35.0 Å². The molecule has 2 N–H and O–H groups in total. The maximum absolute atomic E-state index is 13.2. The van der Waals surface area contributed by atoms with E-state index in [9.17, 15) is 18.0 Å². The normalized spacial score (nSPS) is 15.2. The maximum Gasteiger partial charge on any atom is 0.256 e. The largest absolute Gasteiger partial charge is 0.322 e. The fourth-order valence-corrected chi connectivity index (χ4v) is 7.06. The number of piperidine rings is 1. The first-order valence-corrected chi connectivity index (χ1v) is 15.3. The highest BCUT2D eigenvalue weighted by Crippen LogP contribution is 2.26. The summed E-state index contributed by atoms with van der Waals surface area (Å²) in [5.74, 6) is -0.678. The average Bonchev–Trinajstić information content (AvgIpc) is 3.43. The van der Waals surface area contributed by atoms with E-state index in [2.05, 4.69) is 22.8 Å². The number of sulfonamides is 1. The summed E-state index contributed by atoms with van der Waals surface area (Å²) in [6.45, 7) is 8.10. The van der Waals surface area contributed by atoms with Crippen molar-refractivity contribution >= 4 is 44.6 Å². The van der Waals surface area contributed by atoms with Crippen LogP contribution in [0.1, 0.15) is 58.6 Å². The SMILES string of the molecule is CCc1cc(C(=O)Nc2ccc(/C(C)=N/NC(=O)C3CCN(S(=O)(=O)c4cc(C)ccc4C)CC3)cc2)cs1. The van der Waals surface area contributed by atoms with Gasteiger partial charge in [0.1, 0.15) is 0 Å². The molecule has 1 fully saturated rings. The summed E-state index contributed by atoms with van der Waals surface area (Å²) in [4.78, 5) is 26.7. The number of hydrogen-bond donors (Lipinski definition) is 2. The van der Waals surface area contributed by atoms with Crippen molar-refractivity contribution in [3.05, 3.63) is 81.0 Å². The van der Waals surface area contributed by atoms with E-state index >= 15 is 0 Å². The highest BCUT2D eigenvalue weighted by Gasteiger charge is 2.33. The van der Waals surface area contributed by atoms with Crippen LogP contribution >= 0.6 is 11.3 Å². The number of benzene rings is 2. The number of carbonyl (C=O) groups is 2. The number of nitrogens with zero attached hydrogens (tertiary/aromatic N) is 2. The summed E-state index contributed by atoms with van der Waals surface area (Å²) in [7, 11) is -3.61. The van der Waals surface area contributed by atoms with Crippen molar-refractivity contribution in [2.75, 3.05) is 18.4 Å². The van der Waals surface area contributed by atoms with Crippen molar-refractivity contribution in [1.82, 2.24) is 9.73 Å². The molecule has 10 heteroatoms. The van der Waals surface area contributed by atoms with Crippen LogP contribution in [0.25, 0.3) is 0 Å². The Hall–Kier alpha value is -3.34. The zero-order chi connectivity index (χ0) is 28.2. The van der Waals surface area contributed by atoms with E-state index in [-0.39, 0.29) is 30.8 Å². The van der Waals surface area contributed by atoms with E-state index in [4.69, 9.17) is 0 Å². The number of aryl methyl sites for hydroxylation is 3. The van der Waals surface area contributed by atoms with Crippen LogP contribution in [-0.4, -0.2) is 43.3 Å². The molecule has 0 radical (unpaired) electrons. The molecule has 2 amide bonds. The molecule has 1 aliphatic heterocycles. The summed E-state index contributed by atoms with van der Waals surface area (Å²) in [5.41, 5.74) is 7.01. The van der Waals surface area contributed by atoms with E-state index in [0.29, 0.717) is 40.3 Å². The van der Waals surface area contributed by atoms with E-state index < -0.39 is 10.0 Å². The Morgan fingerprint density at radius 2 is 1.72 bits per heavy atom. The van der Waals surface area contributed by atoms with Gasteiger partial charge in [-0.25, -0.2) is 13.8 Å². The molecular weight excluding hydrogens is 532 g/mol. The zero-order valence-electron chi connectivity index (χ0n) is 22.7. The predicted molar refractivity (Wildman–Crippen MR) is 156 cm³/mol. The molecule has 3 aromatic rings. The topological polar surface area (TPSA) is 108 Å². The van der Waals surface area contributed by atoms with Gasteiger partial charge in [0.2, 0.25) is 15.9 Å². The van der Waals surface area contributed by atoms with E-state index in [1.807, 2.05) is 42.6 Å². The van der Waals surface area contributed by atoms with Crippen LogP contribution in [0, 0.1) is 19.8 Å². The first-order valence-electron chi connectivity index (χ1n) is 13.0. The minimum atomic E-state index is -3.61. The summed E-state index contributed by atoms with van der Waals surface area (Å²) in [6, 6.07) is 14.6.